The molecule has 0 fully saturated rings. The standard InChI is InChI=1S/C19H16O4/c20-16-5-6-17(21)19(18(22)23)10-14-8-12-4-2-1-3-11(12)7-13(14)9-15(16)19/h1-6,10,13,15H,7-9H2,(H,22,23). The van der Waals surface area contributed by atoms with Gasteiger partial charge in [0.2, 0.25) is 0 Å². The molecule has 1 N–H and O–H groups in total. The number of carbonyl (C=O) groups excluding carboxylic acids is 2. The van der Waals surface area contributed by atoms with Crippen molar-refractivity contribution in [2.24, 2.45) is 17.3 Å². The Balaban J connectivity index is 1.86. The van der Waals surface area contributed by atoms with Crippen LogP contribution in [0, 0.1) is 17.3 Å². The Kier molecular flexibility index (Phi) is 2.92. The quantitative estimate of drug-likeness (QED) is 0.637. The van der Waals surface area contributed by atoms with Gasteiger partial charge in [-0.2, -0.15) is 0 Å². The average molecular weight is 308 g/mol. The van der Waals surface area contributed by atoms with Gasteiger partial charge in [-0.1, -0.05) is 35.9 Å². The maximum Gasteiger partial charge on any atom is 0.322 e. The van der Waals surface area contributed by atoms with Gasteiger partial charge >= 0.3 is 5.97 Å². The van der Waals surface area contributed by atoms with Crippen molar-refractivity contribution in [1.29, 1.82) is 0 Å². The smallest absolute Gasteiger partial charge is 0.322 e. The minimum atomic E-state index is -1.70. The summed E-state index contributed by atoms with van der Waals surface area (Å²) < 4.78 is 0. The third kappa shape index (κ3) is 1.87. The number of ketones is 2. The van der Waals surface area contributed by atoms with Crippen molar-refractivity contribution in [2.45, 2.75) is 19.3 Å². The van der Waals surface area contributed by atoms with Crippen molar-refractivity contribution in [3.8, 4) is 0 Å². The topological polar surface area (TPSA) is 71.4 Å². The lowest BCUT2D eigenvalue weighted by molar-refractivity contribution is -0.157. The molecule has 0 saturated heterocycles. The lowest BCUT2D eigenvalue weighted by atomic mass is 9.57. The second kappa shape index (κ2) is 4.75. The summed E-state index contributed by atoms with van der Waals surface area (Å²) >= 11 is 0. The van der Waals surface area contributed by atoms with Crippen LogP contribution in [0.15, 0.2) is 48.1 Å². The summed E-state index contributed by atoms with van der Waals surface area (Å²) in [5.74, 6) is -2.59. The summed E-state index contributed by atoms with van der Waals surface area (Å²) in [6.07, 6.45) is 5.85. The maximum absolute atomic E-state index is 12.4. The molecule has 0 heterocycles. The fourth-order valence-electron chi connectivity index (χ4n) is 4.27. The highest BCUT2D eigenvalue weighted by Gasteiger charge is 2.57. The van der Waals surface area contributed by atoms with Gasteiger partial charge in [0.1, 0.15) is 0 Å². The van der Waals surface area contributed by atoms with Gasteiger partial charge in [-0.05, 0) is 48.5 Å². The molecule has 0 radical (unpaired) electrons. The molecule has 3 unspecified atom stereocenters. The van der Waals surface area contributed by atoms with Crippen LogP contribution in [0.4, 0.5) is 0 Å². The Bertz CT molecular complexity index is 801. The van der Waals surface area contributed by atoms with Crippen LogP contribution in [0.2, 0.25) is 0 Å². The molecule has 4 heteroatoms. The zero-order chi connectivity index (χ0) is 16.2. The van der Waals surface area contributed by atoms with Gasteiger partial charge < -0.3 is 5.11 Å². The van der Waals surface area contributed by atoms with Crippen molar-refractivity contribution in [1.82, 2.24) is 0 Å². The molecular weight excluding hydrogens is 292 g/mol. The molecule has 116 valence electrons. The van der Waals surface area contributed by atoms with Gasteiger partial charge in [0.05, 0.1) is 0 Å². The number of carboxylic acid groups (broad SMARTS) is 1. The van der Waals surface area contributed by atoms with E-state index in [0.717, 1.165) is 18.1 Å². The van der Waals surface area contributed by atoms with Crippen LogP contribution in [0.5, 0.6) is 0 Å². The molecule has 0 spiro atoms. The van der Waals surface area contributed by atoms with Crippen LogP contribution in [-0.2, 0) is 27.2 Å². The fourth-order valence-corrected chi connectivity index (χ4v) is 4.27. The van der Waals surface area contributed by atoms with Gasteiger partial charge in [0.25, 0.3) is 0 Å². The minimum absolute atomic E-state index is 0.144. The molecular formula is C19H16O4. The monoisotopic (exact) mass is 308 g/mol. The first-order valence-corrected chi connectivity index (χ1v) is 7.80. The van der Waals surface area contributed by atoms with E-state index < -0.39 is 23.1 Å². The van der Waals surface area contributed by atoms with E-state index in [0.29, 0.717) is 12.8 Å². The molecule has 4 nitrogen and oxygen atoms in total. The van der Waals surface area contributed by atoms with Gasteiger partial charge in [0.15, 0.2) is 17.0 Å². The molecule has 0 amide bonds. The molecule has 0 aromatic heterocycles. The van der Waals surface area contributed by atoms with E-state index in [9.17, 15) is 19.5 Å². The zero-order valence-corrected chi connectivity index (χ0v) is 12.5. The van der Waals surface area contributed by atoms with Gasteiger partial charge in [-0.3, -0.25) is 14.4 Å². The van der Waals surface area contributed by atoms with Crippen LogP contribution < -0.4 is 0 Å². The first-order chi connectivity index (χ1) is 11.0. The molecule has 0 aliphatic heterocycles. The minimum Gasteiger partial charge on any atom is -0.480 e. The highest BCUT2D eigenvalue weighted by molar-refractivity contribution is 6.19. The summed E-state index contributed by atoms with van der Waals surface area (Å²) in [4.78, 5) is 36.6. The van der Waals surface area contributed by atoms with Crippen molar-refractivity contribution in [2.75, 3.05) is 0 Å². The van der Waals surface area contributed by atoms with Crippen LogP contribution in [0.25, 0.3) is 0 Å². The first-order valence-electron chi connectivity index (χ1n) is 7.80. The van der Waals surface area contributed by atoms with Gasteiger partial charge in [0, 0.05) is 5.92 Å². The van der Waals surface area contributed by atoms with Crippen molar-refractivity contribution in [3.05, 3.63) is 59.2 Å². The number of benzene rings is 1. The molecule has 3 atom stereocenters. The van der Waals surface area contributed by atoms with E-state index >= 15 is 0 Å². The highest BCUT2D eigenvalue weighted by atomic mass is 16.4. The number of fused-ring (bicyclic) bond motifs is 3. The summed E-state index contributed by atoms with van der Waals surface area (Å²) in [7, 11) is 0. The predicted octanol–water partition coefficient (Wildman–Crippen LogP) is 2.13. The molecule has 23 heavy (non-hydrogen) atoms. The Morgan fingerprint density at radius 2 is 1.87 bits per heavy atom. The lowest BCUT2D eigenvalue weighted by Crippen LogP contribution is -2.52. The number of carbonyl (C=O) groups is 3. The third-order valence-corrected chi connectivity index (χ3v) is 5.49. The largest absolute Gasteiger partial charge is 0.480 e. The number of allylic oxidation sites excluding steroid dienone is 3. The number of rotatable bonds is 1. The number of aliphatic carboxylic acids is 1. The Labute approximate surface area is 133 Å². The Morgan fingerprint density at radius 1 is 1.13 bits per heavy atom. The van der Waals surface area contributed by atoms with Gasteiger partial charge in [-0.15, -0.1) is 0 Å². The summed E-state index contributed by atoms with van der Waals surface area (Å²) in [6, 6.07) is 8.09. The lowest BCUT2D eigenvalue weighted by Gasteiger charge is -2.43. The Hall–Kier alpha value is -2.49. The predicted molar refractivity (Wildman–Crippen MR) is 82.8 cm³/mol. The SMILES string of the molecule is O=C1C=CC(=O)C2(C(=O)O)C=C3Cc4ccccc4CC3CC12. The molecule has 3 aliphatic rings. The van der Waals surface area contributed by atoms with E-state index in [1.807, 2.05) is 18.2 Å². The van der Waals surface area contributed by atoms with Crippen LogP contribution in [0.3, 0.4) is 0 Å². The van der Waals surface area contributed by atoms with E-state index in [4.69, 9.17) is 0 Å². The van der Waals surface area contributed by atoms with Crippen molar-refractivity contribution >= 4 is 17.5 Å². The van der Waals surface area contributed by atoms with E-state index in [1.165, 1.54) is 17.2 Å². The van der Waals surface area contributed by atoms with Gasteiger partial charge in [-0.25, -0.2) is 0 Å². The Morgan fingerprint density at radius 3 is 2.61 bits per heavy atom. The highest BCUT2D eigenvalue weighted by Crippen LogP contribution is 2.49. The first kappa shape index (κ1) is 14.1. The summed E-state index contributed by atoms with van der Waals surface area (Å²) in [5.41, 5.74) is 1.71. The molecule has 0 saturated carbocycles. The van der Waals surface area contributed by atoms with E-state index in [-0.39, 0.29) is 11.7 Å². The second-order valence-corrected chi connectivity index (χ2v) is 6.63. The molecule has 1 aromatic carbocycles. The van der Waals surface area contributed by atoms with E-state index in [1.54, 1.807) is 6.08 Å². The number of hydrogen-bond donors (Lipinski definition) is 1. The second-order valence-electron chi connectivity index (χ2n) is 6.63. The van der Waals surface area contributed by atoms with E-state index in [2.05, 4.69) is 6.07 Å². The average Bonchev–Trinajstić information content (AvgIpc) is 2.55. The zero-order valence-electron chi connectivity index (χ0n) is 12.5. The number of hydrogen-bond acceptors (Lipinski definition) is 3. The molecule has 3 aliphatic carbocycles. The van der Waals surface area contributed by atoms with Crippen LogP contribution in [0.1, 0.15) is 17.5 Å². The fraction of sp³-hybridized carbons (Fsp3) is 0.316. The molecule has 0 bridgehead atoms. The molecule has 1 aromatic rings. The van der Waals surface area contributed by atoms with Crippen molar-refractivity contribution < 1.29 is 19.5 Å². The number of carboxylic acids is 1. The van der Waals surface area contributed by atoms with Crippen LogP contribution >= 0.6 is 0 Å². The van der Waals surface area contributed by atoms with Crippen LogP contribution in [-0.4, -0.2) is 22.6 Å². The third-order valence-electron chi connectivity index (χ3n) is 5.49. The summed E-state index contributed by atoms with van der Waals surface area (Å²) in [5, 5.41) is 9.75. The summed E-state index contributed by atoms with van der Waals surface area (Å²) in [6.45, 7) is 0. The molecule has 4 rings (SSSR count). The normalized spacial score (nSPS) is 31.7. The van der Waals surface area contributed by atoms with Crippen molar-refractivity contribution in [3.63, 3.8) is 0 Å². The maximum atomic E-state index is 12.4.